The minimum Gasteiger partial charge on any atom is -0.483 e. The average molecular weight is 433 g/mol. The number of hydrogen-bond donors (Lipinski definition) is 2. The molecule has 0 heterocycles. The molecule has 2 aromatic carbocycles. The Morgan fingerprint density at radius 2 is 1.59 bits per heavy atom. The summed E-state index contributed by atoms with van der Waals surface area (Å²) < 4.78 is 6.40. The van der Waals surface area contributed by atoms with Crippen molar-refractivity contribution in [3.63, 3.8) is 0 Å². The largest absolute Gasteiger partial charge is 0.483 e. The van der Waals surface area contributed by atoms with E-state index in [-0.39, 0.29) is 18.4 Å². The fraction of sp³-hybridized carbons (Fsp3) is 0.333. The molecule has 0 fully saturated rings. The highest BCUT2D eigenvalue weighted by Crippen LogP contribution is 2.26. The van der Waals surface area contributed by atoms with E-state index < -0.39 is 0 Å². The Morgan fingerprint density at radius 1 is 1.00 bits per heavy atom. The maximum Gasteiger partial charge on any atom is 0.262 e. The van der Waals surface area contributed by atoms with Crippen LogP contribution in [0.25, 0.3) is 0 Å². The van der Waals surface area contributed by atoms with Gasteiger partial charge in [-0.05, 0) is 70.2 Å². The lowest BCUT2D eigenvalue weighted by Gasteiger charge is -2.11. The van der Waals surface area contributed by atoms with Crippen molar-refractivity contribution in [2.75, 3.05) is 17.2 Å². The topological polar surface area (TPSA) is 67.4 Å². The van der Waals surface area contributed by atoms with Crippen LogP contribution in [-0.4, -0.2) is 18.4 Å². The molecule has 0 saturated carbocycles. The van der Waals surface area contributed by atoms with E-state index in [0.29, 0.717) is 29.5 Å². The van der Waals surface area contributed by atoms with Crippen LogP contribution in [-0.2, 0) is 16.0 Å². The van der Waals surface area contributed by atoms with Crippen molar-refractivity contribution < 1.29 is 14.3 Å². The molecule has 2 N–H and O–H groups in total. The maximum absolute atomic E-state index is 12.1. The van der Waals surface area contributed by atoms with E-state index in [9.17, 15) is 9.59 Å². The second-order valence-corrected chi connectivity index (χ2v) is 7.53. The summed E-state index contributed by atoms with van der Waals surface area (Å²) in [4.78, 5) is 23.9. The molecule has 0 aliphatic heterocycles. The molecule has 0 bridgehead atoms. The first-order valence-electron chi connectivity index (χ1n) is 8.98. The smallest absolute Gasteiger partial charge is 0.262 e. The van der Waals surface area contributed by atoms with Gasteiger partial charge in [-0.25, -0.2) is 0 Å². The molecule has 6 heteroatoms. The first-order valence-corrected chi connectivity index (χ1v) is 9.77. The van der Waals surface area contributed by atoms with Gasteiger partial charge in [0.25, 0.3) is 5.91 Å². The number of aryl methyl sites for hydroxylation is 1. The fourth-order valence-corrected chi connectivity index (χ4v) is 2.98. The Bertz CT molecular complexity index is 789. The summed E-state index contributed by atoms with van der Waals surface area (Å²) >= 11 is 3.46. The van der Waals surface area contributed by atoms with E-state index >= 15 is 0 Å². The van der Waals surface area contributed by atoms with Gasteiger partial charge in [-0.15, -0.1) is 0 Å². The number of rotatable bonds is 8. The summed E-state index contributed by atoms with van der Waals surface area (Å²) in [5.41, 5.74) is 2.54. The molecule has 5 nitrogen and oxygen atoms in total. The Morgan fingerprint density at radius 3 is 2.11 bits per heavy atom. The van der Waals surface area contributed by atoms with E-state index in [0.717, 1.165) is 10.9 Å². The normalized spacial score (nSPS) is 10.6. The zero-order valence-electron chi connectivity index (χ0n) is 15.8. The van der Waals surface area contributed by atoms with Gasteiger partial charge >= 0.3 is 0 Å². The molecule has 0 radical (unpaired) electrons. The van der Waals surface area contributed by atoms with Crippen LogP contribution in [0.3, 0.4) is 0 Å². The molecular formula is C21H25BrN2O3. The number of anilines is 2. The van der Waals surface area contributed by atoms with Gasteiger partial charge < -0.3 is 15.4 Å². The maximum atomic E-state index is 12.1. The van der Waals surface area contributed by atoms with Crippen molar-refractivity contribution in [2.24, 2.45) is 5.92 Å². The Labute approximate surface area is 168 Å². The lowest BCUT2D eigenvalue weighted by molar-refractivity contribution is -0.118. The van der Waals surface area contributed by atoms with Crippen LogP contribution in [0.4, 0.5) is 11.4 Å². The Kier molecular flexibility index (Phi) is 7.85. The van der Waals surface area contributed by atoms with Crippen LogP contribution >= 0.6 is 15.9 Å². The quantitative estimate of drug-likeness (QED) is 0.615. The third kappa shape index (κ3) is 7.06. The standard InChI is InChI=1S/C21H25BrN2O3/c1-4-15-5-10-19(18(22)12-15)27-13-21(26)24-17-8-6-16(7-9-17)23-20(25)11-14(2)3/h5-10,12,14H,4,11,13H2,1-3H3,(H,23,25)(H,24,26). The summed E-state index contributed by atoms with van der Waals surface area (Å²) in [6, 6.07) is 12.8. The number of carbonyl (C=O) groups excluding carboxylic acids is 2. The van der Waals surface area contributed by atoms with Gasteiger partial charge in [0.1, 0.15) is 5.75 Å². The van der Waals surface area contributed by atoms with E-state index in [1.165, 1.54) is 5.56 Å². The molecule has 0 spiro atoms. The minimum absolute atomic E-state index is 0.0187. The molecular weight excluding hydrogens is 408 g/mol. The van der Waals surface area contributed by atoms with Crippen LogP contribution in [0.15, 0.2) is 46.9 Å². The molecule has 0 aromatic heterocycles. The van der Waals surface area contributed by atoms with Crippen molar-refractivity contribution >= 4 is 39.1 Å². The Hall–Kier alpha value is -2.34. The number of ether oxygens (including phenoxy) is 1. The molecule has 2 amide bonds. The predicted molar refractivity (Wildman–Crippen MR) is 112 cm³/mol. The SMILES string of the molecule is CCc1ccc(OCC(=O)Nc2ccc(NC(=O)CC(C)C)cc2)c(Br)c1. The summed E-state index contributed by atoms with van der Waals surface area (Å²) in [6.45, 7) is 5.99. The molecule has 27 heavy (non-hydrogen) atoms. The van der Waals surface area contributed by atoms with Crippen molar-refractivity contribution in [3.05, 3.63) is 52.5 Å². The lowest BCUT2D eigenvalue weighted by atomic mass is 10.1. The number of carbonyl (C=O) groups is 2. The third-order valence-corrected chi connectivity index (χ3v) is 4.43. The van der Waals surface area contributed by atoms with Crippen LogP contribution in [0.2, 0.25) is 0 Å². The molecule has 0 aliphatic carbocycles. The highest BCUT2D eigenvalue weighted by atomic mass is 79.9. The van der Waals surface area contributed by atoms with Crippen LogP contribution in [0.1, 0.15) is 32.8 Å². The second kappa shape index (κ2) is 10.1. The molecule has 0 unspecified atom stereocenters. The van der Waals surface area contributed by atoms with E-state index in [4.69, 9.17) is 4.74 Å². The average Bonchev–Trinajstić information content (AvgIpc) is 2.61. The van der Waals surface area contributed by atoms with Gasteiger partial charge in [-0.1, -0.05) is 26.8 Å². The number of nitrogens with one attached hydrogen (secondary N) is 2. The lowest BCUT2D eigenvalue weighted by Crippen LogP contribution is -2.20. The van der Waals surface area contributed by atoms with Gasteiger partial charge in [0.05, 0.1) is 4.47 Å². The first kappa shape index (κ1) is 21.0. The van der Waals surface area contributed by atoms with Crippen LogP contribution in [0, 0.1) is 5.92 Å². The number of benzene rings is 2. The van der Waals surface area contributed by atoms with Crippen molar-refractivity contribution in [1.82, 2.24) is 0 Å². The first-order chi connectivity index (χ1) is 12.9. The molecule has 2 aromatic rings. The van der Waals surface area contributed by atoms with E-state index in [2.05, 4.69) is 33.5 Å². The second-order valence-electron chi connectivity index (χ2n) is 6.68. The molecule has 0 atom stereocenters. The molecule has 144 valence electrons. The monoisotopic (exact) mass is 432 g/mol. The summed E-state index contributed by atoms with van der Waals surface area (Å²) in [6.07, 6.45) is 1.41. The van der Waals surface area contributed by atoms with Crippen molar-refractivity contribution in [1.29, 1.82) is 0 Å². The van der Waals surface area contributed by atoms with Gasteiger partial charge in [0, 0.05) is 17.8 Å². The number of amides is 2. The van der Waals surface area contributed by atoms with Crippen molar-refractivity contribution in [2.45, 2.75) is 33.6 Å². The number of halogens is 1. The fourth-order valence-electron chi connectivity index (χ4n) is 2.44. The molecule has 0 saturated heterocycles. The zero-order chi connectivity index (χ0) is 19.8. The van der Waals surface area contributed by atoms with Gasteiger partial charge in [-0.2, -0.15) is 0 Å². The molecule has 0 aliphatic rings. The minimum atomic E-state index is -0.252. The summed E-state index contributed by atoms with van der Waals surface area (Å²) in [5.74, 6) is 0.667. The van der Waals surface area contributed by atoms with Gasteiger partial charge in [-0.3, -0.25) is 9.59 Å². The van der Waals surface area contributed by atoms with Gasteiger partial charge in [0.15, 0.2) is 6.61 Å². The Balaban J connectivity index is 1.84. The van der Waals surface area contributed by atoms with Crippen LogP contribution < -0.4 is 15.4 Å². The highest BCUT2D eigenvalue weighted by molar-refractivity contribution is 9.10. The summed E-state index contributed by atoms with van der Waals surface area (Å²) in [5, 5.41) is 5.61. The van der Waals surface area contributed by atoms with Crippen molar-refractivity contribution in [3.8, 4) is 5.75 Å². The third-order valence-electron chi connectivity index (χ3n) is 3.81. The van der Waals surface area contributed by atoms with Gasteiger partial charge in [0.2, 0.25) is 5.91 Å². The number of hydrogen-bond acceptors (Lipinski definition) is 3. The predicted octanol–water partition coefficient (Wildman–Crippen LogP) is 5.01. The summed E-state index contributed by atoms with van der Waals surface area (Å²) in [7, 11) is 0. The van der Waals surface area contributed by atoms with E-state index in [1.807, 2.05) is 32.0 Å². The van der Waals surface area contributed by atoms with E-state index in [1.54, 1.807) is 24.3 Å². The van der Waals surface area contributed by atoms with Crippen LogP contribution in [0.5, 0.6) is 5.75 Å². The molecule has 2 rings (SSSR count). The zero-order valence-corrected chi connectivity index (χ0v) is 17.4. The highest BCUT2D eigenvalue weighted by Gasteiger charge is 2.08.